The van der Waals surface area contributed by atoms with Crippen LogP contribution in [0.15, 0.2) is 57.7 Å². The first-order valence-corrected chi connectivity index (χ1v) is 9.75. The highest BCUT2D eigenvalue weighted by molar-refractivity contribution is 9.10. The predicted octanol–water partition coefficient (Wildman–Crippen LogP) is 4.62. The van der Waals surface area contributed by atoms with E-state index in [0.29, 0.717) is 5.92 Å². The molecule has 6 heteroatoms. The Morgan fingerprint density at radius 2 is 2.04 bits per heavy atom. The number of rotatable bonds is 3. The molecule has 1 aliphatic rings. The Hall–Kier alpha value is -2.18. The smallest absolute Gasteiger partial charge is 0.199 e. The maximum absolute atomic E-state index is 6.00. The van der Waals surface area contributed by atoms with Gasteiger partial charge in [0.25, 0.3) is 0 Å². The van der Waals surface area contributed by atoms with E-state index < -0.39 is 0 Å². The molecule has 0 aliphatic carbocycles. The van der Waals surface area contributed by atoms with Crippen LogP contribution < -0.4 is 0 Å². The minimum absolute atomic E-state index is 0.349. The van der Waals surface area contributed by atoms with Gasteiger partial charge in [-0.25, -0.2) is 9.97 Å². The van der Waals surface area contributed by atoms with E-state index in [0.717, 1.165) is 65.3 Å². The standard InChI is InChI=1S/C20H19BrN4O/c21-15-7-8-19-22-16(13-25(19)11-15)12-24-9-3-4-14(10-24)20-23-17-5-1-2-6-18(17)26-20/h1-2,5-8,11,13-14H,3-4,9-10,12H2. The number of benzene rings is 1. The third-order valence-corrected chi connectivity index (χ3v) is 5.48. The fraction of sp³-hybridized carbons (Fsp3) is 0.300. The summed E-state index contributed by atoms with van der Waals surface area (Å²) < 4.78 is 9.13. The van der Waals surface area contributed by atoms with E-state index in [2.05, 4.69) is 31.4 Å². The van der Waals surface area contributed by atoms with E-state index in [1.807, 2.05) is 42.6 Å². The van der Waals surface area contributed by atoms with Crippen LogP contribution in [0.2, 0.25) is 0 Å². The summed E-state index contributed by atoms with van der Waals surface area (Å²) in [6.07, 6.45) is 6.44. The van der Waals surface area contributed by atoms with Crippen LogP contribution in [0.4, 0.5) is 0 Å². The Balaban J connectivity index is 1.34. The average Bonchev–Trinajstić information content (AvgIpc) is 3.25. The summed E-state index contributed by atoms with van der Waals surface area (Å²) in [4.78, 5) is 11.9. The second-order valence-electron chi connectivity index (χ2n) is 6.94. The summed E-state index contributed by atoms with van der Waals surface area (Å²) in [6, 6.07) is 12.1. The van der Waals surface area contributed by atoms with Gasteiger partial charge < -0.3 is 8.82 Å². The number of fused-ring (bicyclic) bond motifs is 2. The number of para-hydroxylation sites is 2. The lowest BCUT2D eigenvalue weighted by Crippen LogP contribution is -2.34. The topological polar surface area (TPSA) is 46.6 Å². The highest BCUT2D eigenvalue weighted by Crippen LogP contribution is 2.29. The van der Waals surface area contributed by atoms with Gasteiger partial charge in [0, 0.05) is 35.9 Å². The molecule has 1 fully saturated rings. The molecule has 0 saturated carbocycles. The first kappa shape index (κ1) is 16.0. The molecule has 4 heterocycles. The van der Waals surface area contributed by atoms with Crippen molar-refractivity contribution in [1.82, 2.24) is 19.3 Å². The van der Waals surface area contributed by atoms with E-state index in [-0.39, 0.29) is 0 Å². The van der Waals surface area contributed by atoms with E-state index in [9.17, 15) is 0 Å². The van der Waals surface area contributed by atoms with E-state index in [1.54, 1.807) is 0 Å². The molecule has 132 valence electrons. The quantitative estimate of drug-likeness (QED) is 0.494. The van der Waals surface area contributed by atoms with E-state index in [4.69, 9.17) is 14.4 Å². The number of oxazole rings is 1. The van der Waals surface area contributed by atoms with Gasteiger partial charge in [-0.3, -0.25) is 4.90 Å². The minimum Gasteiger partial charge on any atom is -0.440 e. The number of hydrogen-bond acceptors (Lipinski definition) is 4. The zero-order valence-corrected chi connectivity index (χ0v) is 15.9. The van der Waals surface area contributed by atoms with Crippen molar-refractivity contribution in [1.29, 1.82) is 0 Å². The maximum Gasteiger partial charge on any atom is 0.199 e. The summed E-state index contributed by atoms with van der Waals surface area (Å²) in [5.41, 5.74) is 3.91. The number of likely N-dealkylation sites (tertiary alicyclic amines) is 1. The molecule has 1 aromatic carbocycles. The lowest BCUT2D eigenvalue weighted by molar-refractivity contribution is 0.185. The summed E-state index contributed by atoms with van der Waals surface area (Å²) in [7, 11) is 0. The number of imidazole rings is 1. The Morgan fingerprint density at radius 3 is 2.96 bits per heavy atom. The van der Waals surface area contributed by atoms with Crippen molar-refractivity contribution in [3.05, 3.63) is 64.8 Å². The highest BCUT2D eigenvalue weighted by atomic mass is 79.9. The van der Waals surface area contributed by atoms with Gasteiger partial charge >= 0.3 is 0 Å². The summed E-state index contributed by atoms with van der Waals surface area (Å²) in [6.45, 7) is 2.91. The SMILES string of the molecule is Brc1ccc2nc(CN3CCCC(c4nc5ccccc5o4)C3)cn2c1. The number of pyridine rings is 1. The van der Waals surface area contributed by atoms with E-state index in [1.165, 1.54) is 0 Å². The summed E-state index contributed by atoms with van der Waals surface area (Å²) >= 11 is 3.51. The first-order chi connectivity index (χ1) is 12.7. The molecular weight excluding hydrogens is 392 g/mol. The third-order valence-electron chi connectivity index (χ3n) is 5.02. The van der Waals surface area contributed by atoms with Gasteiger partial charge in [-0.15, -0.1) is 0 Å². The Kier molecular flexibility index (Phi) is 4.02. The second kappa shape index (κ2) is 6.52. The van der Waals surface area contributed by atoms with Crippen LogP contribution in [0.3, 0.4) is 0 Å². The monoisotopic (exact) mass is 410 g/mol. The van der Waals surface area contributed by atoms with Crippen molar-refractivity contribution in [3.8, 4) is 0 Å². The highest BCUT2D eigenvalue weighted by Gasteiger charge is 2.25. The Bertz CT molecular complexity index is 1040. The summed E-state index contributed by atoms with van der Waals surface area (Å²) in [5, 5.41) is 0. The normalized spacial score (nSPS) is 18.7. The summed E-state index contributed by atoms with van der Waals surface area (Å²) in [5.74, 6) is 1.22. The molecule has 3 aromatic heterocycles. The van der Waals surface area contributed by atoms with Crippen molar-refractivity contribution < 1.29 is 4.42 Å². The molecule has 0 N–H and O–H groups in total. The number of piperidine rings is 1. The molecule has 5 rings (SSSR count). The van der Waals surface area contributed by atoms with Crippen molar-refractivity contribution in [2.24, 2.45) is 0 Å². The third kappa shape index (κ3) is 3.04. The van der Waals surface area contributed by atoms with Crippen LogP contribution in [-0.4, -0.2) is 32.4 Å². The van der Waals surface area contributed by atoms with Crippen LogP contribution in [-0.2, 0) is 6.54 Å². The van der Waals surface area contributed by atoms with Gasteiger partial charge in [0.15, 0.2) is 11.5 Å². The van der Waals surface area contributed by atoms with Gasteiger partial charge in [0.2, 0.25) is 0 Å². The van der Waals surface area contributed by atoms with Crippen LogP contribution in [0.1, 0.15) is 30.3 Å². The molecule has 1 atom stereocenters. The van der Waals surface area contributed by atoms with Gasteiger partial charge in [-0.1, -0.05) is 12.1 Å². The molecular formula is C20H19BrN4O. The largest absolute Gasteiger partial charge is 0.440 e. The van der Waals surface area contributed by atoms with Crippen molar-refractivity contribution in [2.45, 2.75) is 25.3 Å². The molecule has 0 amide bonds. The van der Waals surface area contributed by atoms with E-state index >= 15 is 0 Å². The number of halogens is 1. The van der Waals surface area contributed by atoms with Crippen molar-refractivity contribution in [3.63, 3.8) is 0 Å². The molecule has 1 saturated heterocycles. The number of hydrogen-bond donors (Lipinski definition) is 0. The van der Waals surface area contributed by atoms with Crippen LogP contribution in [0, 0.1) is 0 Å². The molecule has 0 bridgehead atoms. The van der Waals surface area contributed by atoms with Crippen LogP contribution in [0.25, 0.3) is 16.7 Å². The Morgan fingerprint density at radius 1 is 1.12 bits per heavy atom. The van der Waals surface area contributed by atoms with Crippen LogP contribution in [0.5, 0.6) is 0 Å². The molecule has 5 nitrogen and oxygen atoms in total. The molecule has 1 aliphatic heterocycles. The van der Waals surface area contributed by atoms with Gasteiger partial charge in [-0.2, -0.15) is 0 Å². The predicted molar refractivity (Wildman–Crippen MR) is 104 cm³/mol. The lowest BCUT2D eigenvalue weighted by Gasteiger charge is -2.30. The number of aromatic nitrogens is 3. The van der Waals surface area contributed by atoms with Gasteiger partial charge in [0.05, 0.1) is 5.69 Å². The average molecular weight is 411 g/mol. The fourth-order valence-electron chi connectivity index (χ4n) is 3.79. The van der Waals surface area contributed by atoms with Crippen molar-refractivity contribution >= 4 is 32.7 Å². The Labute approximate surface area is 159 Å². The second-order valence-corrected chi connectivity index (χ2v) is 7.85. The molecule has 26 heavy (non-hydrogen) atoms. The van der Waals surface area contributed by atoms with Gasteiger partial charge in [0.1, 0.15) is 11.2 Å². The number of nitrogens with zero attached hydrogens (tertiary/aromatic N) is 4. The zero-order chi connectivity index (χ0) is 17.5. The van der Waals surface area contributed by atoms with Gasteiger partial charge in [-0.05, 0) is 59.6 Å². The first-order valence-electron chi connectivity index (χ1n) is 8.95. The minimum atomic E-state index is 0.349. The lowest BCUT2D eigenvalue weighted by atomic mass is 9.98. The van der Waals surface area contributed by atoms with Crippen molar-refractivity contribution in [2.75, 3.05) is 13.1 Å². The molecule has 0 spiro atoms. The van der Waals surface area contributed by atoms with Crippen LogP contribution >= 0.6 is 15.9 Å². The zero-order valence-electron chi connectivity index (χ0n) is 14.3. The maximum atomic E-state index is 6.00. The molecule has 4 aromatic rings. The molecule has 1 unspecified atom stereocenters. The molecule has 0 radical (unpaired) electrons. The fourth-order valence-corrected chi connectivity index (χ4v) is 4.14.